The lowest BCUT2D eigenvalue weighted by Gasteiger charge is -2.20. The van der Waals surface area contributed by atoms with Crippen molar-refractivity contribution in [3.05, 3.63) is 17.0 Å². The van der Waals surface area contributed by atoms with Crippen molar-refractivity contribution in [3.8, 4) is 0 Å². The molecule has 2 heterocycles. The standard InChI is InChI=1S/C11H16N2O2/c1-2-10-9(7-14)11(13-12-10)8-3-5-15-6-4-8/h7-8H,2-6H2,1H3,(H,12,13). The van der Waals surface area contributed by atoms with E-state index in [2.05, 4.69) is 10.2 Å². The average molecular weight is 208 g/mol. The van der Waals surface area contributed by atoms with Gasteiger partial charge in [0, 0.05) is 24.8 Å². The second-order valence-corrected chi connectivity index (χ2v) is 3.86. The van der Waals surface area contributed by atoms with Crippen molar-refractivity contribution in [2.75, 3.05) is 13.2 Å². The number of nitrogens with zero attached hydrogens (tertiary/aromatic N) is 1. The summed E-state index contributed by atoms with van der Waals surface area (Å²) < 4.78 is 5.30. The molecule has 1 aromatic heterocycles. The van der Waals surface area contributed by atoms with Crippen molar-refractivity contribution >= 4 is 6.29 Å². The smallest absolute Gasteiger partial charge is 0.153 e. The molecule has 1 aliphatic heterocycles. The molecular weight excluding hydrogens is 192 g/mol. The predicted octanol–water partition coefficient (Wildman–Crippen LogP) is 1.68. The molecule has 1 saturated heterocycles. The summed E-state index contributed by atoms with van der Waals surface area (Å²) in [6, 6.07) is 0. The van der Waals surface area contributed by atoms with Crippen LogP contribution in [0.5, 0.6) is 0 Å². The van der Waals surface area contributed by atoms with Crippen LogP contribution < -0.4 is 0 Å². The summed E-state index contributed by atoms with van der Waals surface area (Å²) in [6.07, 6.45) is 3.68. The molecule has 82 valence electrons. The fourth-order valence-corrected chi connectivity index (χ4v) is 2.09. The van der Waals surface area contributed by atoms with Crippen LogP contribution in [0.1, 0.15) is 47.4 Å². The number of aldehydes is 1. The Labute approximate surface area is 89.0 Å². The van der Waals surface area contributed by atoms with Gasteiger partial charge in [0.05, 0.1) is 11.3 Å². The summed E-state index contributed by atoms with van der Waals surface area (Å²) in [7, 11) is 0. The highest BCUT2D eigenvalue weighted by Gasteiger charge is 2.22. The molecule has 1 fully saturated rings. The minimum atomic E-state index is 0.385. The van der Waals surface area contributed by atoms with Crippen molar-refractivity contribution in [1.82, 2.24) is 10.2 Å². The van der Waals surface area contributed by atoms with Gasteiger partial charge in [-0.1, -0.05) is 6.92 Å². The number of nitrogens with one attached hydrogen (secondary N) is 1. The first-order chi connectivity index (χ1) is 7.36. The minimum Gasteiger partial charge on any atom is -0.381 e. The molecule has 0 saturated carbocycles. The largest absolute Gasteiger partial charge is 0.381 e. The maximum atomic E-state index is 11.0. The van der Waals surface area contributed by atoms with E-state index in [4.69, 9.17) is 4.74 Å². The van der Waals surface area contributed by atoms with Crippen LogP contribution in [-0.2, 0) is 11.2 Å². The van der Waals surface area contributed by atoms with Gasteiger partial charge in [-0.25, -0.2) is 0 Å². The molecule has 1 aliphatic rings. The molecule has 1 aromatic rings. The Morgan fingerprint density at radius 2 is 2.27 bits per heavy atom. The number of carbonyl (C=O) groups excluding carboxylic acids is 1. The molecule has 1 N–H and O–H groups in total. The molecule has 0 unspecified atom stereocenters. The van der Waals surface area contributed by atoms with E-state index < -0.39 is 0 Å². The second-order valence-electron chi connectivity index (χ2n) is 3.86. The third-order valence-corrected chi connectivity index (χ3v) is 2.99. The topological polar surface area (TPSA) is 55.0 Å². The Balaban J connectivity index is 2.25. The van der Waals surface area contributed by atoms with E-state index >= 15 is 0 Å². The number of carbonyl (C=O) groups is 1. The summed E-state index contributed by atoms with van der Waals surface area (Å²) >= 11 is 0. The van der Waals surface area contributed by atoms with Crippen LogP contribution >= 0.6 is 0 Å². The van der Waals surface area contributed by atoms with Crippen molar-refractivity contribution in [2.45, 2.75) is 32.1 Å². The molecular formula is C11H16N2O2. The molecule has 0 atom stereocenters. The van der Waals surface area contributed by atoms with E-state index in [1.165, 1.54) is 0 Å². The van der Waals surface area contributed by atoms with E-state index in [9.17, 15) is 4.79 Å². The van der Waals surface area contributed by atoms with Crippen LogP contribution in [0.2, 0.25) is 0 Å². The Bertz CT molecular complexity index is 340. The summed E-state index contributed by atoms with van der Waals surface area (Å²) in [5.74, 6) is 0.385. The average Bonchev–Trinajstić information content (AvgIpc) is 2.72. The van der Waals surface area contributed by atoms with Crippen molar-refractivity contribution in [3.63, 3.8) is 0 Å². The number of rotatable bonds is 3. The zero-order valence-corrected chi connectivity index (χ0v) is 8.95. The Morgan fingerprint density at radius 1 is 1.53 bits per heavy atom. The predicted molar refractivity (Wildman–Crippen MR) is 56.1 cm³/mol. The van der Waals surface area contributed by atoms with Crippen LogP contribution in [0.15, 0.2) is 0 Å². The zero-order valence-electron chi connectivity index (χ0n) is 8.95. The third kappa shape index (κ3) is 1.95. The van der Waals surface area contributed by atoms with Crippen molar-refractivity contribution in [1.29, 1.82) is 0 Å². The number of hydrogen-bond donors (Lipinski definition) is 1. The summed E-state index contributed by atoms with van der Waals surface area (Å²) in [5, 5.41) is 7.22. The Hall–Kier alpha value is -1.16. The van der Waals surface area contributed by atoms with Crippen LogP contribution in [0, 0.1) is 0 Å². The van der Waals surface area contributed by atoms with Gasteiger partial charge >= 0.3 is 0 Å². The van der Waals surface area contributed by atoms with Gasteiger partial charge in [0.15, 0.2) is 6.29 Å². The zero-order chi connectivity index (χ0) is 10.7. The SMILES string of the molecule is CCc1[nH]nc(C2CCOCC2)c1C=O. The van der Waals surface area contributed by atoms with Crippen molar-refractivity contribution < 1.29 is 9.53 Å². The molecule has 0 spiro atoms. The quantitative estimate of drug-likeness (QED) is 0.769. The molecule has 0 bridgehead atoms. The van der Waals surface area contributed by atoms with E-state index in [1.807, 2.05) is 6.92 Å². The van der Waals surface area contributed by atoms with Gasteiger partial charge in [0.25, 0.3) is 0 Å². The number of aryl methyl sites for hydroxylation is 1. The molecule has 0 amide bonds. The Morgan fingerprint density at radius 3 is 2.87 bits per heavy atom. The number of aromatic nitrogens is 2. The first-order valence-corrected chi connectivity index (χ1v) is 5.46. The van der Waals surface area contributed by atoms with Gasteiger partial charge in [-0.15, -0.1) is 0 Å². The third-order valence-electron chi connectivity index (χ3n) is 2.99. The molecule has 4 nitrogen and oxygen atoms in total. The van der Waals surface area contributed by atoms with Gasteiger partial charge < -0.3 is 4.74 Å². The molecule has 0 radical (unpaired) electrons. The number of aromatic amines is 1. The number of ether oxygens (including phenoxy) is 1. The lowest BCUT2D eigenvalue weighted by molar-refractivity contribution is 0.0841. The van der Waals surface area contributed by atoms with Gasteiger partial charge in [-0.3, -0.25) is 9.89 Å². The molecule has 15 heavy (non-hydrogen) atoms. The minimum absolute atomic E-state index is 0.385. The van der Waals surface area contributed by atoms with E-state index in [1.54, 1.807) is 0 Å². The second kappa shape index (κ2) is 4.57. The first-order valence-electron chi connectivity index (χ1n) is 5.46. The lowest BCUT2D eigenvalue weighted by atomic mass is 9.93. The van der Waals surface area contributed by atoms with Gasteiger partial charge in [0.2, 0.25) is 0 Å². The van der Waals surface area contributed by atoms with E-state index in [0.717, 1.165) is 55.7 Å². The van der Waals surface area contributed by atoms with Gasteiger partial charge in [0.1, 0.15) is 0 Å². The number of hydrogen-bond acceptors (Lipinski definition) is 3. The first kappa shape index (κ1) is 10.4. The van der Waals surface area contributed by atoms with Crippen LogP contribution in [-0.4, -0.2) is 29.7 Å². The van der Waals surface area contributed by atoms with Crippen molar-refractivity contribution in [2.24, 2.45) is 0 Å². The van der Waals surface area contributed by atoms with Crippen LogP contribution in [0.25, 0.3) is 0 Å². The summed E-state index contributed by atoms with van der Waals surface area (Å²) in [4.78, 5) is 11.0. The van der Waals surface area contributed by atoms with Crippen LogP contribution in [0.4, 0.5) is 0 Å². The molecule has 4 heteroatoms. The molecule has 0 aliphatic carbocycles. The highest BCUT2D eigenvalue weighted by Crippen LogP contribution is 2.28. The highest BCUT2D eigenvalue weighted by atomic mass is 16.5. The van der Waals surface area contributed by atoms with Gasteiger partial charge in [-0.05, 0) is 19.3 Å². The molecule has 2 rings (SSSR count). The van der Waals surface area contributed by atoms with Gasteiger partial charge in [-0.2, -0.15) is 5.10 Å². The van der Waals surface area contributed by atoms with Crippen LogP contribution in [0.3, 0.4) is 0 Å². The van der Waals surface area contributed by atoms with E-state index in [0.29, 0.717) is 5.92 Å². The lowest BCUT2D eigenvalue weighted by Crippen LogP contribution is -2.15. The normalized spacial score (nSPS) is 17.9. The highest BCUT2D eigenvalue weighted by molar-refractivity contribution is 5.78. The Kier molecular flexibility index (Phi) is 3.16. The fraction of sp³-hybridized carbons (Fsp3) is 0.636. The number of H-pyrrole nitrogens is 1. The molecule has 0 aromatic carbocycles. The monoisotopic (exact) mass is 208 g/mol. The maximum Gasteiger partial charge on any atom is 0.153 e. The maximum absolute atomic E-state index is 11.0. The summed E-state index contributed by atoms with van der Waals surface area (Å²) in [5.41, 5.74) is 2.65. The van der Waals surface area contributed by atoms with E-state index in [-0.39, 0.29) is 0 Å². The fourth-order valence-electron chi connectivity index (χ4n) is 2.09. The summed E-state index contributed by atoms with van der Waals surface area (Å²) in [6.45, 7) is 3.57.